The molecule has 0 aliphatic rings. The average Bonchev–Trinajstić information content (AvgIpc) is 3.08. The number of rotatable bonds is 7. The molecular formula is C12H13BrN2O6S2. The summed E-state index contributed by atoms with van der Waals surface area (Å²) >= 11 is 4.32. The highest BCUT2D eigenvalue weighted by molar-refractivity contribution is 9.09. The second kappa shape index (κ2) is 7.32. The van der Waals surface area contributed by atoms with E-state index in [1.807, 2.05) is 0 Å². The molecule has 2 N–H and O–H groups in total. The SMILES string of the molecule is CC(=O)Oc1c(NS(=O)(=O)CCCBr)oc(-c2nccs2)c1O. The van der Waals surface area contributed by atoms with E-state index in [4.69, 9.17) is 9.15 Å². The van der Waals surface area contributed by atoms with Crippen LogP contribution in [0.15, 0.2) is 16.0 Å². The number of aromatic hydroxyl groups is 1. The average molecular weight is 425 g/mol. The fourth-order valence-corrected chi connectivity index (χ4v) is 3.94. The van der Waals surface area contributed by atoms with Gasteiger partial charge in [-0.2, -0.15) is 0 Å². The first-order chi connectivity index (χ1) is 10.8. The van der Waals surface area contributed by atoms with Crippen molar-refractivity contribution < 1.29 is 27.5 Å². The summed E-state index contributed by atoms with van der Waals surface area (Å²) in [6, 6.07) is 0. The van der Waals surface area contributed by atoms with Gasteiger partial charge in [0.1, 0.15) is 0 Å². The Labute approximate surface area is 144 Å². The summed E-state index contributed by atoms with van der Waals surface area (Å²) in [6.45, 7) is 1.12. The van der Waals surface area contributed by atoms with Gasteiger partial charge in [-0.1, -0.05) is 15.9 Å². The topological polar surface area (TPSA) is 119 Å². The van der Waals surface area contributed by atoms with Gasteiger partial charge in [0.05, 0.1) is 5.75 Å². The van der Waals surface area contributed by atoms with Gasteiger partial charge in [-0.05, 0) is 6.42 Å². The van der Waals surface area contributed by atoms with E-state index in [2.05, 4.69) is 25.6 Å². The van der Waals surface area contributed by atoms with Crippen LogP contribution in [0.3, 0.4) is 0 Å². The molecule has 0 unspecified atom stereocenters. The maximum atomic E-state index is 12.0. The molecule has 0 bridgehead atoms. The van der Waals surface area contributed by atoms with Crippen molar-refractivity contribution in [1.82, 2.24) is 4.98 Å². The number of nitrogens with one attached hydrogen (secondary N) is 1. The van der Waals surface area contributed by atoms with Crippen LogP contribution in [0.2, 0.25) is 0 Å². The molecule has 8 nitrogen and oxygen atoms in total. The highest BCUT2D eigenvalue weighted by Gasteiger charge is 2.28. The van der Waals surface area contributed by atoms with Crippen molar-refractivity contribution >= 4 is 49.1 Å². The molecule has 0 amide bonds. The Hall–Kier alpha value is -1.59. The Balaban J connectivity index is 2.41. The molecule has 23 heavy (non-hydrogen) atoms. The number of hydrogen-bond donors (Lipinski definition) is 2. The number of esters is 1. The van der Waals surface area contributed by atoms with Crippen molar-refractivity contribution in [2.75, 3.05) is 15.8 Å². The van der Waals surface area contributed by atoms with Gasteiger partial charge in [0, 0.05) is 23.8 Å². The molecule has 126 valence electrons. The molecule has 0 saturated heterocycles. The zero-order chi connectivity index (χ0) is 17.0. The molecule has 0 spiro atoms. The van der Waals surface area contributed by atoms with Gasteiger partial charge >= 0.3 is 5.97 Å². The van der Waals surface area contributed by atoms with Gasteiger partial charge in [0.2, 0.25) is 27.3 Å². The van der Waals surface area contributed by atoms with Crippen LogP contribution in [-0.2, 0) is 14.8 Å². The zero-order valence-electron chi connectivity index (χ0n) is 11.9. The van der Waals surface area contributed by atoms with Crippen molar-refractivity contribution in [3.05, 3.63) is 11.6 Å². The number of aromatic nitrogens is 1. The van der Waals surface area contributed by atoms with E-state index in [9.17, 15) is 18.3 Å². The number of anilines is 1. The van der Waals surface area contributed by atoms with Gasteiger partial charge in [-0.15, -0.1) is 11.3 Å². The van der Waals surface area contributed by atoms with Crippen molar-refractivity contribution in [2.45, 2.75) is 13.3 Å². The number of ether oxygens (including phenoxy) is 1. The van der Waals surface area contributed by atoms with Crippen LogP contribution in [0.4, 0.5) is 5.88 Å². The quantitative estimate of drug-likeness (QED) is 0.517. The minimum Gasteiger partial charge on any atom is -0.501 e. The van der Waals surface area contributed by atoms with Crippen molar-refractivity contribution in [2.24, 2.45) is 0 Å². The number of thiazole rings is 1. The minimum absolute atomic E-state index is 0.0746. The molecule has 2 heterocycles. The van der Waals surface area contributed by atoms with Gasteiger partial charge < -0.3 is 14.3 Å². The first-order valence-electron chi connectivity index (χ1n) is 6.34. The summed E-state index contributed by atoms with van der Waals surface area (Å²) < 4.78 is 36.3. The monoisotopic (exact) mass is 424 g/mol. The van der Waals surface area contributed by atoms with Crippen molar-refractivity contribution in [3.8, 4) is 22.3 Å². The predicted octanol–water partition coefficient (Wildman–Crippen LogP) is 2.56. The lowest BCUT2D eigenvalue weighted by Crippen LogP contribution is -2.17. The molecule has 0 radical (unpaired) electrons. The van der Waals surface area contributed by atoms with E-state index in [1.54, 1.807) is 5.38 Å². The number of carbonyl (C=O) groups is 1. The molecule has 0 aromatic carbocycles. The van der Waals surface area contributed by atoms with Crippen LogP contribution >= 0.6 is 27.3 Å². The third kappa shape index (κ3) is 4.45. The van der Waals surface area contributed by atoms with E-state index in [0.29, 0.717) is 16.8 Å². The van der Waals surface area contributed by atoms with Gasteiger partial charge in [-0.25, -0.2) is 18.1 Å². The number of hydrogen-bond acceptors (Lipinski definition) is 8. The third-order valence-electron chi connectivity index (χ3n) is 2.51. The van der Waals surface area contributed by atoms with E-state index < -0.39 is 21.7 Å². The lowest BCUT2D eigenvalue weighted by Gasteiger charge is -2.06. The number of nitrogens with zero attached hydrogens (tertiary/aromatic N) is 1. The Kier molecular flexibility index (Phi) is 5.65. The molecule has 2 rings (SSSR count). The van der Waals surface area contributed by atoms with Crippen LogP contribution in [0.1, 0.15) is 13.3 Å². The second-order valence-electron chi connectivity index (χ2n) is 4.33. The van der Waals surface area contributed by atoms with Gasteiger partial charge in [0.25, 0.3) is 5.88 Å². The molecule has 2 aromatic heterocycles. The Bertz CT molecular complexity index is 785. The number of alkyl halides is 1. The smallest absolute Gasteiger partial charge is 0.308 e. The number of furan rings is 1. The van der Waals surface area contributed by atoms with Crippen LogP contribution in [0.25, 0.3) is 10.8 Å². The van der Waals surface area contributed by atoms with Crippen molar-refractivity contribution in [3.63, 3.8) is 0 Å². The second-order valence-corrected chi connectivity index (χ2v) is 7.86. The summed E-state index contributed by atoms with van der Waals surface area (Å²) in [7, 11) is -3.72. The fraction of sp³-hybridized carbons (Fsp3) is 0.333. The first kappa shape index (κ1) is 17.8. The Morgan fingerprint density at radius 3 is 2.87 bits per heavy atom. The van der Waals surface area contributed by atoms with Crippen LogP contribution in [0.5, 0.6) is 11.5 Å². The normalized spacial score (nSPS) is 11.4. The van der Waals surface area contributed by atoms with E-state index in [1.165, 1.54) is 17.5 Å². The van der Waals surface area contributed by atoms with Crippen LogP contribution < -0.4 is 9.46 Å². The van der Waals surface area contributed by atoms with Gasteiger partial charge in [-0.3, -0.25) is 4.79 Å². The first-order valence-corrected chi connectivity index (χ1v) is 10.00. The summed E-state index contributed by atoms with van der Waals surface area (Å²) in [5.74, 6) is -2.20. The minimum atomic E-state index is -3.72. The Morgan fingerprint density at radius 1 is 1.57 bits per heavy atom. The predicted molar refractivity (Wildman–Crippen MR) is 88.6 cm³/mol. The Morgan fingerprint density at radius 2 is 2.30 bits per heavy atom. The highest BCUT2D eigenvalue weighted by Crippen LogP contribution is 2.46. The van der Waals surface area contributed by atoms with E-state index in [-0.39, 0.29) is 23.1 Å². The highest BCUT2D eigenvalue weighted by atomic mass is 79.9. The molecule has 0 aliphatic heterocycles. The number of carbonyl (C=O) groups excluding carboxylic acids is 1. The lowest BCUT2D eigenvalue weighted by molar-refractivity contribution is -0.131. The zero-order valence-corrected chi connectivity index (χ0v) is 15.1. The molecule has 0 atom stereocenters. The number of sulfonamides is 1. The summed E-state index contributed by atoms with van der Waals surface area (Å²) in [5.41, 5.74) is 0. The van der Waals surface area contributed by atoms with Crippen LogP contribution in [0, 0.1) is 0 Å². The fourth-order valence-electron chi connectivity index (χ4n) is 1.63. The van der Waals surface area contributed by atoms with Gasteiger partial charge in [0.15, 0.2) is 5.01 Å². The molecular weight excluding hydrogens is 412 g/mol. The van der Waals surface area contributed by atoms with E-state index in [0.717, 1.165) is 6.92 Å². The van der Waals surface area contributed by atoms with Crippen molar-refractivity contribution in [1.29, 1.82) is 0 Å². The summed E-state index contributed by atoms with van der Waals surface area (Å²) in [5, 5.41) is 12.6. The lowest BCUT2D eigenvalue weighted by atomic mass is 10.4. The van der Waals surface area contributed by atoms with E-state index >= 15 is 0 Å². The number of halogens is 1. The third-order valence-corrected chi connectivity index (χ3v) is 5.16. The molecule has 0 fully saturated rings. The largest absolute Gasteiger partial charge is 0.501 e. The molecule has 11 heteroatoms. The molecule has 0 saturated carbocycles. The maximum Gasteiger partial charge on any atom is 0.308 e. The van der Waals surface area contributed by atoms with Crippen LogP contribution in [-0.4, -0.2) is 35.6 Å². The summed E-state index contributed by atoms with van der Waals surface area (Å²) in [4.78, 5) is 15.1. The standard InChI is InChI=1S/C12H13BrN2O6S2/c1-7(16)20-9-8(17)10(12-14-4-5-22-12)21-11(9)15-23(18,19)6-2-3-13/h4-5,15,17H,2-3,6H2,1H3. The molecule has 2 aromatic rings. The summed E-state index contributed by atoms with van der Waals surface area (Å²) in [6.07, 6.45) is 1.87. The molecule has 0 aliphatic carbocycles. The maximum absolute atomic E-state index is 12.0.